The van der Waals surface area contributed by atoms with Gasteiger partial charge in [-0.1, -0.05) is 6.08 Å². The van der Waals surface area contributed by atoms with E-state index in [1.807, 2.05) is 13.1 Å². The number of likely N-dealkylation sites (N-methyl/N-ethyl adjacent to an activating group) is 1. The van der Waals surface area contributed by atoms with Crippen LogP contribution in [0.2, 0.25) is 0 Å². The van der Waals surface area contributed by atoms with Crippen molar-refractivity contribution in [3.8, 4) is 0 Å². The Morgan fingerprint density at radius 1 is 1.80 bits per heavy atom. The highest BCUT2D eigenvalue weighted by Gasteiger charge is 2.21. The summed E-state index contributed by atoms with van der Waals surface area (Å²) in [5, 5.41) is 0. The second-order valence-corrected chi connectivity index (χ2v) is 2.69. The average Bonchev–Trinajstić information content (AvgIpc) is 2.30. The fourth-order valence-corrected chi connectivity index (χ4v) is 1.27. The number of hydrogen-bond donors (Lipinski definition) is 0. The van der Waals surface area contributed by atoms with Crippen LogP contribution >= 0.6 is 0 Å². The number of nitrogens with zero attached hydrogens (tertiary/aromatic N) is 1. The molecule has 0 spiro atoms. The van der Waals surface area contributed by atoms with Crippen molar-refractivity contribution in [3.63, 3.8) is 0 Å². The maximum absolute atomic E-state index is 12.0. The number of halogens is 1. The first kappa shape index (κ1) is 7.48. The van der Waals surface area contributed by atoms with Crippen molar-refractivity contribution in [1.29, 1.82) is 0 Å². The SMILES string of the molecule is C=CC1C/C(=C/F)CN1C. The van der Waals surface area contributed by atoms with Crippen LogP contribution in [0.4, 0.5) is 4.39 Å². The van der Waals surface area contributed by atoms with E-state index in [0.29, 0.717) is 12.4 Å². The predicted octanol–water partition coefficient (Wildman–Crippen LogP) is 1.73. The maximum Gasteiger partial charge on any atom is 0.0872 e. The lowest BCUT2D eigenvalue weighted by Crippen LogP contribution is -2.21. The van der Waals surface area contributed by atoms with Crippen LogP contribution in [-0.4, -0.2) is 24.5 Å². The molecule has 1 rings (SSSR count). The number of hydrogen-bond acceptors (Lipinski definition) is 1. The van der Waals surface area contributed by atoms with Gasteiger partial charge in [0.05, 0.1) is 6.33 Å². The molecule has 2 heteroatoms. The zero-order chi connectivity index (χ0) is 7.56. The van der Waals surface area contributed by atoms with Gasteiger partial charge in [0.25, 0.3) is 0 Å². The minimum Gasteiger partial charge on any atom is -0.296 e. The Balaban J connectivity index is 2.60. The lowest BCUT2D eigenvalue weighted by Gasteiger charge is -2.12. The van der Waals surface area contributed by atoms with Crippen molar-refractivity contribution >= 4 is 0 Å². The molecule has 0 aromatic carbocycles. The summed E-state index contributed by atoms with van der Waals surface area (Å²) in [5.74, 6) is 0. The van der Waals surface area contributed by atoms with Gasteiger partial charge in [0.15, 0.2) is 0 Å². The van der Waals surface area contributed by atoms with Crippen molar-refractivity contribution in [2.24, 2.45) is 0 Å². The molecule has 0 amide bonds. The Morgan fingerprint density at radius 2 is 2.50 bits per heavy atom. The van der Waals surface area contributed by atoms with Gasteiger partial charge >= 0.3 is 0 Å². The third kappa shape index (κ3) is 1.27. The smallest absolute Gasteiger partial charge is 0.0872 e. The van der Waals surface area contributed by atoms with Crippen LogP contribution in [0.15, 0.2) is 24.6 Å². The van der Waals surface area contributed by atoms with Crippen LogP contribution in [0.25, 0.3) is 0 Å². The Bertz CT molecular complexity index is 163. The summed E-state index contributed by atoms with van der Waals surface area (Å²) >= 11 is 0. The first-order chi connectivity index (χ1) is 4.77. The molecule has 0 aromatic heterocycles. The number of likely N-dealkylation sites (tertiary alicyclic amines) is 1. The first-order valence-electron chi connectivity index (χ1n) is 3.39. The van der Waals surface area contributed by atoms with Gasteiger partial charge in [-0.2, -0.15) is 0 Å². The molecule has 0 N–H and O–H groups in total. The molecule has 1 nitrogen and oxygen atoms in total. The zero-order valence-electron chi connectivity index (χ0n) is 6.18. The molecular weight excluding hydrogens is 129 g/mol. The zero-order valence-corrected chi connectivity index (χ0v) is 6.18. The van der Waals surface area contributed by atoms with Crippen molar-refractivity contribution < 1.29 is 4.39 Å². The molecule has 56 valence electrons. The minimum absolute atomic E-state index is 0.335. The van der Waals surface area contributed by atoms with E-state index in [-0.39, 0.29) is 0 Å². The molecule has 0 radical (unpaired) electrons. The van der Waals surface area contributed by atoms with Gasteiger partial charge in [0, 0.05) is 12.6 Å². The highest BCUT2D eigenvalue weighted by molar-refractivity contribution is 5.13. The summed E-state index contributed by atoms with van der Waals surface area (Å²) in [5.41, 5.74) is 0.868. The molecule has 1 atom stereocenters. The van der Waals surface area contributed by atoms with Gasteiger partial charge in [-0.15, -0.1) is 6.58 Å². The van der Waals surface area contributed by atoms with Crippen LogP contribution in [0.1, 0.15) is 6.42 Å². The summed E-state index contributed by atoms with van der Waals surface area (Å²) < 4.78 is 12.0. The molecule has 0 aromatic rings. The largest absolute Gasteiger partial charge is 0.296 e. The molecule has 0 bridgehead atoms. The van der Waals surface area contributed by atoms with E-state index >= 15 is 0 Å². The van der Waals surface area contributed by atoms with Crippen molar-refractivity contribution in [2.45, 2.75) is 12.5 Å². The Morgan fingerprint density at radius 3 is 2.80 bits per heavy atom. The van der Waals surface area contributed by atoms with Crippen molar-refractivity contribution in [2.75, 3.05) is 13.6 Å². The van der Waals surface area contributed by atoms with E-state index in [0.717, 1.165) is 18.5 Å². The maximum atomic E-state index is 12.0. The van der Waals surface area contributed by atoms with Gasteiger partial charge in [0.2, 0.25) is 0 Å². The normalized spacial score (nSPS) is 31.4. The third-order valence-electron chi connectivity index (χ3n) is 1.92. The molecule has 1 saturated heterocycles. The molecule has 1 unspecified atom stereocenters. The average molecular weight is 141 g/mol. The van der Waals surface area contributed by atoms with Gasteiger partial charge in [0.1, 0.15) is 0 Å². The van der Waals surface area contributed by atoms with Crippen molar-refractivity contribution in [1.82, 2.24) is 4.90 Å². The fourth-order valence-electron chi connectivity index (χ4n) is 1.27. The fraction of sp³-hybridized carbons (Fsp3) is 0.500. The molecule has 10 heavy (non-hydrogen) atoms. The highest BCUT2D eigenvalue weighted by atomic mass is 19.1. The van der Waals surface area contributed by atoms with E-state index in [1.54, 1.807) is 0 Å². The molecule has 0 aliphatic carbocycles. The predicted molar refractivity (Wildman–Crippen MR) is 40.4 cm³/mol. The van der Waals surface area contributed by atoms with E-state index in [1.165, 1.54) is 0 Å². The summed E-state index contributed by atoms with van der Waals surface area (Å²) in [6.07, 6.45) is 3.37. The van der Waals surface area contributed by atoms with E-state index in [9.17, 15) is 4.39 Å². The highest BCUT2D eigenvalue weighted by Crippen LogP contribution is 2.20. The second-order valence-electron chi connectivity index (χ2n) is 2.69. The number of rotatable bonds is 1. The summed E-state index contributed by atoms with van der Waals surface area (Å²) in [6, 6.07) is 0.335. The van der Waals surface area contributed by atoms with Gasteiger partial charge in [-0.25, -0.2) is 4.39 Å². The topological polar surface area (TPSA) is 3.24 Å². The quantitative estimate of drug-likeness (QED) is 0.503. The summed E-state index contributed by atoms with van der Waals surface area (Å²) in [4.78, 5) is 2.08. The molecule has 1 heterocycles. The van der Waals surface area contributed by atoms with Crippen LogP contribution in [0, 0.1) is 0 Å². The second kappa shape index (κ2) is 2.97. The Hall–Kier alpha value is -0.630. The molecule has 1 aliphatic heterocycles. The van der Waals surface area contributed by atoms with Crippen LogP contribution < -0.4 is 0 Å². The van der Waals surface area contributed by atoms with Gasteiger partial charge < -0.3 is 0 Å². The molecular formula is C8H12FN. The first-order valence-corrected chi connectivity index (χ1v) is 3.39. The molecule has 1 fully saturated rings. The summed E-state index contributed by atoms with van der Waals surface area (Å²) in [7, 11) is 1.98. The third-order valence-corrected chi connectivity index (χ3v) is 1.92. The molecule has 1 aliphatic rings. The van der Waals surface area contributed by atoms with Crippen LogP contribution in [-0.2, 0) is 0 Å². The Kier molecular flexibility index (Phi) is 2.22. The van der Waals surface area contributed by atoms with Gasteiger partial charge in [-0.3, -0.25) is 4.90 Å². The molecule has 0 saturated carbocycles. The lowest BCUT2D eigenvalue weighted by atomic mass is 10.2. The minimum atomic E-state index is 0.335. The van der Waals surface area contributed by atoms with E-state index in [4.69, 9.17) is 0 Å². The standard InChI is InChI=1S/C8H12FN/c1-3-8-4-7(5-9)6-10(8)2/h3,5,8H,1,4,6H2,2H3/b7-5-. The van der Waals surface area contributed by atoms with Crippen molar-refractivity contribution in [3.05, 3.63) is 24.6 Å². The Labute approximate surface area is 60.8 Å². The van der Waals surface area contributed by atoms with E-state index < -0.39 is 0 Å². The van der Waals surface area contributed by atoms with Gasteiger partial charge in [-0.05, 0) is 19.0 Å². The van der Waals surface area contributed by atoms with E-state index in [2.05, 4.69) is 11.5 Å². The summed E-state index contributed by atoms with van der Waals surface area (Å²) in [6.45, 7) is 4.41. The van der Waals surface area contributed by atoms with Crippen LogP contribution in [0.5, 0.6) is 0 Å². The lowest BCUT2D eigenvalue weighted by molar-refractivity contribution is 0.360. The van der Waals surface area contributed by atoms with Crippen LogP contribution in [0.3, 0.4) is 0 Å². The monoisotopic (exact) mass is 141 g/mol.